The number of nitrogens with one attached hydrogen (secondary N) is 1. The minimum absolute atomic E-state index is 0.365. The molecule has 1 spiro atoms. The van der Waals surface area contributed by atoms with Crippen LogP contribution in [0.5, 0.6) is 0 Å². The average Bonchev–Trinajstić information content (AvgIpc) is 2.83. The van der Waals surface area contributed by atoms with E-state index in [1.807, 2.05) is 6.92 Å². The number of aliphatic hydroxyl groups is 1. The van der Waals surface area contributed by atoms with Crippen molar-refractivity contribution in [1.29, 1.82) is 0 Å². The zero-order valence-electron chi connectivity index (χ0n) is 13.7. The van der Waals surface area contributed by atoms with Crippen LogP contribution in [0.15, 0.2) is 0 Å². The van der Waals surface area contributed by atoms with E-state index in [0.717, 1.165) is 19.4 Å². The summed E-state index contributed by atoms with van der Waals surface area (Å²) in [7, 11) is 0. The standard InChI is InChI=1S/C17H33NO2/c1-5-20-15-10-14(17(15)8-6-7-9-17)18-12-16(4,19)11-13(2)3/h13-15,18-19H,5-12H2,1-4H3. The number of ether oxygens (including phenoxy) is 1. The summed E-state index contributed by atoms with van der Waals surface area (Å²) in [6, 6.07) is 0.542. The third kappa shape index (κ3) is 3.37. The summed E-state index contributed by atoms with van der Waals surface area (Å²) < 4.78 is 5.94. The van der Waals surface area contributed by atoms with Gasteiger partial charge in [-0.05, 0) is 45.4 Å². The van der Waals surface area contributed by atoms with Crippen LogP contribution in [-0.4, -0.2) is 36.0 Å². The largest absolute Gasteiger partial charge is 0.389 e. The Labute approximate surface area is 124 Å². The van der Waals surface area contributed by atoms with Gasteiger partial charge in [0.1, 0.15) is 0 Å². The van der Waals surface area contributed by atoms with E-state index in [1.54, 1.807) is 0 Å². The predicted octanol–water partition coefficient (Wildman–Crippen LogP) is 3.11. The van der Waals surface area contributed by atoms with Gasteiger partial charge >= 0.3 is 0 Å². The van der Waals surface area contributed by atoms with Gasteiger partial charge in [-0.3, -0.25) is 0 Å². The summed E-state index contributed by atoms with van der Waals surface area (Å²) in [5.41, 5.74) is -0.228. The van der Waals surface area contributed by atoms with Crippen molar-refractivity contribution in [3.63, 3.8) is 0 Å². The fourth-order valence-corrected chi connectivity index (χ4v) is 4.47. The van der Waals surface area contributed by atoms with Crippen molar-refractivity contribution >= 4 is 0 Å². The van der Waals surface area contributed by atoms with Crippen molar-refractivity contribution in [2.45, 2.75) is 84.0 Å². The van der Waals surface area contributed by atoms with E-state index < -0.39 is 5.60 Å². The maximum Gasteiger partial charge on any atom is 0.0746 e. The molecular weight excluding hydrogens is 250 g/mol. The molecule has 3 heteroatoms. The Kier molecular flexibility index (Phi) is 5.14. The molecule has 0 aromatic heterocycles. The van der Waals surface area contributed by atoms with Gasteiger partial charge in [-0.15, -0.1) is 0 Å². The molecule has 3 nitrogen and oxygen atoms in total. The summed E-state index contributed by atoms with van der Waals surface area (Å²) >= 11 is 0. The van der Waals surface area contributed by atoms with E-state index in [9.17, 15) is 5.11 Å². The highest BCUT2D eigenvalue weighted by atomic mass is 16.5. The van der Waals surface area contributed by atoms with Crippen molar-refractivity contribution in [3.05, 3.63) is 0 Å². The molecular formula is C17H33NO2. The first kappa shape index (κ1) is 16.3. The molecule has 0 radical (unpaired) electrons. The van der Waals surface area contributed by atoms with Crippen LogP contribution in [-0.2, 0) is 4.74 Å². The fourth-order valence-electron chi connectivity index (χ4n) is 4.47. The highest BCUT2D eigenvalue weighted by molar-refractivity contribution is 5.10. The lowest BCUT2D eigenvalue weighted by Crippen LogP contribution is -2.64. The van der Waals surface area contributed by atoms with Crippen molar-refractivity contribution < 1.29 is 9.84 Å². The second kappa shape index (κ2) is 6.33. The molecule has 0 saturated heterocycles. The zero-order chi connectivity index (χ0) is 14.8. The van der Waals surface area contributed by atoms with E-state index in [2.05, 4.69) is 26.1 Å². The van der Waals surface area contributed by atoms with Crippen LogP contribution < -0.4 is 5.32 Å². The van der Waals surface area contributed by atoms with Crippen molar-refractivity contribution in [1.82, 2.24) is 5.32 Å². The van der Waals surface area contributed by atoms with Gasteiger partial charge in [0, 0.05) is 24.6 Å². The Balaban J connectivity index is 1.87. The molecule has 2 N–H and O–H groups in total. The lowest BCUT2D eigenvalue weighted by atomic mass is 9.60. The molecule has 0 bridgehead atoms. The van der Waals surface area contributed by atoms with Crippen molar-refractivity contribution in [2.24, 2.45) is 11.3 Å². The van der Waals surface area contributed by atoms with Crippen LogP contribution in [0, 0.1) is 11.3 Å². The Morgan fingerprint density at radius 2 is 2.00 bits per heavy atom. The van der Waals surface area contributed by atoms with Crippen LogP contribution in [0.25, 0.3) is 0 Å². The third-order valence-corrected chi connectivity index (χ3v) is 5.26. The third-order valence-electron chi connectivity index (χ3n) is 5.26. The number of rotatable bonds is 7. The lowest BCUT2D eigenvalue weighted by Gasteiger charge is -2.54. The van der Waals surface area contributed by atoms with Gasteiger partial charge < -0.3 is 15.2 Å². The minimum atomic E-state index is -0.593. The van der Waals surface area contributed by atoms with Gasteiger partial charge in [-0.2, -0.15) is 0 Å². The smallest absolute Gasteiger partial charge is 0.0746 e. The van der Waals surface area contributed by atoms with E-state index in [0.29, 0.717) is 30.0 Å². The summed E-state index contributed by atoms with van der Waals surface area (Å²) in [6.45, 7) is 9.92. The van der Waals surface area contributed by atoms with E-state index in [-0.39, 0.29) is 0 Å². The Bertz CT molecular complexity index is 308. The van der Waals surface area contributed by atoms with Crippen LogP contribution in [0.2, 0.25) is 0 Å². The van der Waals surface area contributed by atoms with Gasteiger partial charge in [0.25, 0.3) is 0 Å². The normalized spacial score (nSPS) is 31.5. The highest BCUT2D eigenvalue weighted by Crippen LogP contribution is 2.54. The first-order valence-electron chi connectivity index (χ1n) is 8.47. The van der Waals surface area contributed by atoms with Crippen LogP contribution in [0.3, 0.4) is 0 Å². The van der Waals surface area contributed by atoms with E-state index in [4.69, 9.17) is 4.74 Å². The molecule has 0 aliphatic heterocycles. The van der Waals surface area contributed by atoms with E-state index in [1.165, 1.54) is 25.7 Å². The molecule has 2 aliphatic rings. The summed E-state index contributed by atoms with van der Waals surface area (Å²) in [4.78, 5) is 0. The molecule has 2 aliphatic carbocycles. The molecule has 3 atom stereocenters. The summed E-state index contributed by atoms with van der Waals surface area (Å²) in [5, 5.41) is 14.1. The van der Waals surface area contributed by atoms with Crippen LogP contribution >= 0.6 is 0 Å². The van der Waals surface area contributed by atoms with Crippen molar-refractivity contribution in [2.75, 3.05) is 13.2 Å². The molecule has 3 unspecified atom stereocenters. The molecule has 0 heterocycles. The summed E-state index contributed by atoms with van der Waals surface area (Å²) in [6.07, 6.45) is 7.68. The van der Waals surface area contributed by atoms with Gasteiger partial charge in [-0.25, -0.2) is 0 Å². The molecule has 0 aromatic carbocycles. The van der Waals surface area contributed by atoms with Crippen molar-refractivity contribution in [3.8, 4) is 0 Å². The second-order valence-corrected chi connectivity index (χ2v) is 7.65. The molecule has 2 saturated carbocycles. The van der Waals surface area contributed by atoms with Gasteiger partial charge in [0.2, 0.25) is 0 Å². The maximum atomic E-state index is 10.5. The Morgan fingerprint density at radius 1 is 1.35 bits per heavy atom. The molecule has 20 heavy (non-hydrogen) atoms. The minimum Gasteiger partial charge on any atom is -0.389 e. The van der Waals surface area contributed by atoms with Gasteiger partial charge in [0.05, 0.1) is 11.7 Å². The molecule has 0 amide bonds. The average molecular weight is 283 g/mol. The monoisotopic (exact) mass is 283 g/mol. The fraction of sp³-hybridized carbons (Fsp3) is 1.00. The van der Waals surface area contributed by atoms with Crippen LogP contribution in [0.1, 0.15) is 66.2 Å². The van der Waals surface area contributed by atoms with Crippen LogP contribution in [0.4, 0.5) is 0 Å². The maximum absolute atomic E-state index is 10.5. The molecule has 2 rings (SSSR count). The highest BCUT2D eigenvalue weighted by Gasteiger charge is 2.56. The topological polar surface area (TPSA) is 41.5 Å². The quantitative estimate of drug-likeness (QED) is 0.754. The van der Waals surface area contributed by atoms with Gasteiger partial charge in [-0.1, -0.05) is 26.7 Å². The van der Waals surface area contributed by atoms with E-state index >= 15 is 0 Å². The Morgan fingerprint density at radius 3 is 2.55 bits per heavy atom. The zero-order valence-corrected chi connectivity index (χ0v) is 13.7. The second-order valence-electron chi connectivity index (χ2n) is 7.65. The first-order valence-corrected chi connectivity index (χ1v) is 8.47. The number of hydrogen-bond acceptors (Lipinski definition) is 3. The first-order chi connectivity index (χ1) is 9.39. The lowest BCUT2D eigenvalue weighted by molar-refractivity contribution is -0.133. The SMILES string of the molecule is CCOC1CC(NCC(C)(O)CC(C)C)C12CCCC2. The number of hydrogen-bond donors (Lipinski definition) is 2. The molecule has 2 fully saturated rings. The Hall–Kier alpha value is -0.120. The molecule has 0 aromatic rings. The summed E-state index contributed by atoms with van der Waals surface area (Å²) in [5.74, 6) is 0.532. The van der Waals surface area contributed by atoms with Gasteiger partial charge in [0.15, 0.2) is 0 Å². The predicted molar refractivity (Wildman–Crippen MR) is 82.8 cm³/mol. The molecule has 118 valence electrons.